The molecule has 1 N–H and O–H groups in total. The number of nitrogens with one attached hydrogen (secondary N) is 1. The Bertz CT molecular complexity index is 622. The lowest BCUT2D eigenvalue weighted by Gasteiger charge is -2.18. The number of hydrogen-bond donors (Lipinski definition) is 1. The average molecular weight is 410 g/mol. The molecule has 1 aliphatic heterocycles. The molecule has 0 radical (unpaired) electrons. The number of halogens is 2. The van der Waals surface area contributed by atoms with Crippen molar-refractivity contribution in [1.82, 2.24) is 0 Å². The van der Waals surface area contributed by atoms with Crippen molar-refractivity contribution in [1.29, 1.82) is 0 Å². The van der Waals surface area contributed by atoms with Crippen molar-refractivity contribution in [3.8, 4) is 0 Å². The summed E-state index contributed by atoms with van der Waals surface area (Å²) in [6.07, 6.45) is 2.62. The van der Waals surface area contributed by atoms with Gasteiger partial charge >= 0.3 is 0 Å². The summed E-state index contributed by atoms with van der Waals surface area (Å²) in [5, 5.41) is 3.51. The summed E-state index contributed by atoms with van der Waals surface area (Å²) in [7, 11) is 0. The van der Waals surface area contributed by atoms with Crippen LogP contribution in [0.25, 0.3) is 0 Å². The van der Waals surface area contributed by atoms with Gasteiger partial charge in [-0.15, -0.1) is 0 Å². The Hall–Kier alpha value is -1.00. The van der Waals surface area contributed by atoms with Crippen LogP contribution in [0.2, 0.25) is 0 Å². The number of anilines is 2. The molecule has 1 heterocycles. The van der Waals surface area contributed by atoms with E-state index in [4.69, 9.17) is 0 Å². The maximum atomic E-state index is 3.55. The third-order valence-corrected chi connectivity index (χ3v) is 5.68. The van der Waals surface area contributed by atoms with Gasteiger partial charge < -0.3 is 10.2 Å². The summed E-state index contributed by atoms with van der Waals surface area (Å²) in [5.41, 5.74) is 3.77. The van der Waals surface area contributed by atoms with Crippen LogP contribution < -0.4 is 10.2 Å². The van der Waals surface area contributed by atoms with Crippen LogP contribution >= 0.6 is 31.9 Å². The zero-order valence-electron chi connectivity index (χ0n) is 11.8. The predicted molar refractivity (Wildman–Crippen MR) is 97.1 cm³/mol. The highest BCUT2D eigenvalue weighted by Gasteiger charge is 2.12. The minimum Gasteiger partial charge on any atom is -0.381 e. The van der Waals surface area contributed by atoms with Crippen molar-refractivity contribution in [2.75, 3.05) is 23.3 Å². The van der Waals surface area contributed by atoms with E-state index in [0.29, 0.717) is 0 Å². The highest BCUT2D eigenvalue weighted by Crippen LogP contribution is 2.26. The van der Waals surface area contributed by atoms with E-state index in [0.717, 1.165) is 15.5 Å². The molecule has 2 aromatic carbocycles. The zero-order valence-corrected chi connectivity index (χ0v) is 15.0. The van der Waals surface area contributed by atoms with Crippen LogP contribution in [0.5, 0.6) is 0 Å². The van der Waals surface area contributed by atoms with Crippen molar-refractivity contribution >= 4 is 43.2 Å². The van der Waals surface area contributed by atoms with Crippen molar-refractivity contribution in [3.63, 3.8) is 0 Å². The number of nitrogens with zero attached hydrogens (tertiary/aromatic N) is 1. The molecule has 1 fully saturated rings. The van der Waals surface area contributed by atoms with Crippen LogP contribution in [0.4, 0.5) is 11.4 Å². The van der Waals surface area contributed by atoms with Crippen LogP contribution in [0.15, 0.2) is 51.4 Å². The fourth-order valence-electron chi connectivity index (χ4n) is 2.64. The summed E-state index contributed by atoms with van der Waals surface area (Å²) in [5.74, 6) is 0. The van der Waals surface area contributed by atoms with E-state index in [2.05, 4.69) is 84.5 Å². The van der Waals surface area contributed by atoms with Gasteiger partial charge in [0.1, 0.15) is 0 Å². The minimum atomic E-state index is 0.829. The molecule has 2 nitrogen and oxygen atoms in total. The summed E-state index contributed by atoms with van der Waals surface area (Å²) < 4.78 is 2.18. The standard InChI is InChI=1S/C17H18Br2N2/c18-16-7-6-13(10-17(16)19)12-20-14-4-3-5-15(11-14)21-8-1-2-9-21/h3-7,10-11,20H,1-2,8-9,12H2. The van der Waals surface area contributed by atoms with Crippen molar-refractivity contribution in [2.45, 2.75) is 19.4 Å². The number of hydrogen-bond acceptors (Lipinski definition) is 2. The average Bonchev–Trinajstić information content (AvgIpc) is 3.03. The van der Waals surface area contributed by atoms with E-state index in [-0.39, 0.29) is 0 Å². The predicted octanol–water partition coefficient (Wildman–Crippen LogP) is 5.42. The summed E-state index contributed by atoms with van der Waals surface area (Å²) >= 11 is 7.05. The Morgan fingerprint density at radius 3 is 2.52 bits per heavy atom. The molecule has 1 aliphatic rings. The first-order valence-corrected chi connectivity index (χ1v) is 8.84. The molecule has 0 aromatic heterocycles. The molecule has 110 valence electrons. The largest absolute Gasteiger partial charge is 0.381 e. The Labute approximate surface area is 142 Å². The molecular weight excluding hydrogens is 392 g/mol. The highest BCUT2D eigenvalue weighted by atomic mass is 79.9. The smallest absolute Gasteiger partial charge is 0.0401 e. The quantitative estimate of drug-likeness (QED) is 0.724. The SMILES string of the molecule is Brc1ccc(CNc2cccc(N3CCCC3)c2)cc1Br. The lowest BCUT2D eigenvalue weighted by atomic mass is 10.2. The van der Waals surface area contributed by atoms with Gasteiger partial charge in [-0.1, -0.05) is 12.1 Å². The molecule has 0 spiro atoms. The van der Waals surface area contributed by atoms with E-state index < -0.39 is 0 Å². The van der Waals surface area contributed by atoms with Gasteiger partial charge in [0.15, 0.2) is 0 Å². The van der Waals surface area contributed by atoms with Crippen molar-refractivity contribution < 1.29 is 0 Å². The Morgan fingerprint density at radius 2 is 1.76 bits per heavy atom. The Kier molecular flexibility index (Phi) is 4.86. The number of benzene rings is 2. The van der Waals surface area contributed by atoms with E-state index in [9.17, 15) is 0 Å². The first-order valence-electron chi connectivity index (χ1n) is 7.25. The maximum Gasteiger partial charge on any atom is 0.0401 e. The molecule has 0 atom stereocenters. The third kappa shape index (κ3) is 3.80. The molecule has 0 aliphatic carbocycles. The Morgan fingerprint density at radius 1 is 0.952 bits per heavy atom. The van der Waals surface area contributed by atoms with Crippen LogP contribution in [-0.4, -0.2) is 13.1 Å². The molecule has 0 bridgehead atoms. The molecule has 3 rings (SSSR count). The van der Waals surface area contributed by atoms with Crippen LogP contribution in [0.3, 0.4) is 0 Å². The van der Waals surface area contributed by atoms with Gasteiger partial charge in [-0.05, 0) is 80.6 Å². The van der Waals surface area contributed by atoms with E-state index >= 15 is 0 Å². The van der Waals surface area contributed by atoms with E-state index in [1.54, 1.807) is 0 Å². The minimum absolute atomic E-state index is 0.829. The van der Waals surface area contributed by atoms with Crippen molar-refractivity contribution in [2.24, 2.45) is 0 Å². The maximum absolute atomic E-state index is 3.55. The highest BCUT2D eigenvalue weighted by molar-refractivity contribution is 9.13. The second kappa shape index (κ2) is 6.84. The first-order chi connectivity index (χ1) is 10.2. The molecule has 1 saturated heterocycles. The topological polar surface area (TPSA) is 15.3 Å². The second-order valence-corrected chi connectivity index (χ2v) is 7.06. The fourth-order valence-corrected chi connectivity index (χ4v) is 3.31. The van der Waals surface area contributed by atoms with E-state index in [1.807, 2.05) is 0 Å². The third-order valence-electron chi connectivity index (χ3n) is 3.80. The van der Waals surface area contributed by atoms with E-state index in [1.165, 1.54) is 42.9 Å². The number of rotatable bonds is 4. The summed E-state index contributed by atoms with van der Waals surface area (Å²) in [4.78, 5) is 2.46. The molecule has 0 amide bonds. The van der Waals surface area contributed by atoms with Gasteiger partial charge in [0, 0.05) is 40.0 Å². The van der Waals surface area contributed by atoms with Gasteiger partial charge in [0.25, 0.3) is 0 Å². The summed E-state index contributed by atoms with van der Waals surface area (Å²) in [6, 6.07) is 15.1. The van der Waals surface area contributed by atoms with Crippen LogP contribution in [-0.2, 0) is 6.54 Å². The molecule has 21 heavy (non-hydrogen) atoms. The lowest BCUT2D eigenvalue weighted by Crippen LogP contribution is -2.17. The normalized spacial score (nSPS) is 14.5. The molecule has 4 heteroatoms. The lowest BCUT2D eigenvalue weighted by molar-refractivity contribution is 0.949. The summed E-state index contributed by atoms with van der Waals surface area (Å²) in [6.45, 7) is 3.20. The fraction of sp³-hybridized carbons (Fsp3) is 0.294. The van der Waals surface area contributed by atoms with Gasteiger partial charge in [0.05, 0.1) is 0 Å². The van der Waals surface area contributed by atoms with Gasteiger partial charge in [-0.25, -0.2) is 0 Å². The zero-order chi connectivity index (χ0) is 14.7. The van der Waals surface area contributed by atoms with Crippen LogP contribution in [0.1, 0.15) is 18.4 Å². The van der Waals surface area contributed by atoms with Gasteiger partial charge in [-0.2, -0.15) is 0 Å². The van der Waals surface area contributed by atoms with Crippen molar-refractivity contribution in [3.05, 3.63) is 57.0 Å². The second-order valence-electron chi connectivity index (χ2n) is 5.35. The molecular formula is C17H18Br2N2. The Balaban J connectivity index is 1.67. The van der Waals surface area contributed by atoms with Gasteiger partial charge in [0.2, 0.25) is 0 Å². The molecule has 0 unspecified atom stereocenters. The van der Waals surface area contributed by atoms with Gasteiger partial charge in [-0.3, -0.25) is 0 Å². The van der Waals surface area contributed by atoms with Crippen LogP contribution in [0, 0.1) is 0 Å². The molecule has 2 aromatic rings. The first kappa shape index (κ1) is 14.9. The monoisotopic (exact) mass is 408 g/mol. The molecule has 0 saturated carbocycles.